The van der Waals surface area contributed by atoms with E-state index in [2.05, 4.69) is 0 Å². The molecule has 0 aromatic carbocycles. The second kappa shape index (κ2) is 8.33. The number of hydrogen-bond acceptors (Lipinski definition) is 9. The molecule has 0 spiro atoms. The summed E-state index contributed by atoms with van der Waals surface area (Å²) in [6.45, 7) is 3.99. The molecule has 4 unspecified atom stereocenters. The van der Waals surface area contributed by atoms with Gasteiger partial charge in [-0.25, -0.2) is 9.36 Å². The summed E-state index contributed by atoms with van der Waals surface area (Å²) in [5, 5.41) is 0. The minimum atomic E-state index is -1.59. The van der Waals surface area contributed by atoms with E-state index >= 15 is 0 Å². The highest BCUT2D eigenvalue weighted by Gasteiger charge is 2.51. The SMILES string of the molecule is CC(=O)OCC1OC(n2c(F)c(C)c(=O)[nH]c2=O)C(OC(C)=O)C1OC(C)=O. The van der Waals surface area contributed by atoms with Crippen molar-refractivity contribution in [3.8, 4) is 0 Å². The van der Waals surface area contributed by atoms with Crippen LogP contribution in [0.1, 0.15) is 32.6 Å². The summed E-state index contributed by atoms with van der Waals surface area (Å²) in [7, 11) is 0. The Hall–Kier alpha value is -3.02. The maximum Gasteiger partial charge on any atom is 0.332 e. The van der Waals surface area contributed by atoms with Gasteiger partial charge in [0.2, 0.25) is 5.95 Å². The second-order valence-corrected chi connectivity index (χ2v) is 6.06. The Balaban J connectivity index is 2.55. The third kappa shape index (κ3) is 4.44. The smallest absolute Gasteiger partial charge is 0.332 e. The number of carbonyl (C=O) groups is 3. The fourth-order valence-corrected chi connectivity index (χ4v) is 2.74. The number of aromatic nitrogens is 2. The molecule has 1 N–H and O–H groups in total. The first-order valence-electron chi connectivity index (χ1n) is 8.17. The van der Waals surface area contributed by atoms with Crippen LogP contribution in [0.25, 0.3) is 0 Å². The molecular weight excluding hydrogens is 383 g/mol. The summed E-state index contributed by atoms with van der Waals surface area (Å²) in [5.74, 6) is -3.48. The topological polar surface area (TPSA) is 143 Å². The molecule has 0 radical (unpaired) electrons. The zero-order valence-electron chi connectivity index (χ0n) is 15.5. The van der Waals surface area contributed by atoms with Crippen LogP contribution in [0.2, 0.25) is 0 Å². The lowest BCUT2D eigenvalue weighted by Gasteiger charge is -2.24. The molecule has 1 fully saturated rings. The van der Waals surface area contributed by atoms with Crippen molar-refractivity contribution < 1.29 is 37.7 Å². The Labute approximate surface area is 157 Å². The van der Waals surface area contributed by atoms with Crippen LogP contribution in [-0.2, 0) is 33.3 Å². The van der Waals surface area contributed by atoms with Crippen molar-refractivity contribution in [2.24, 2.45) is 0 Å². The fourth-order valence-electron chi connectivity index (χ4n) is 2.74. The van der Waals surface area contributed by atoms with E-state index in [0.29, 0.717) is 4.57 Å². The van der Waals surface area contributed by atoms with Crippen LogP contribution >= 0.6 is 0 Å². The maximum absolute atomic E-state index is 14.6. The molecule has 11 nitrogen and oxygen atoms in total. The van der Waals surface area contributed by atoms with E-state index < -0.39 is 71.8 Å². The first kappa shape index (κ1) is 21.3. The lowest BCUT2D eigenvalue weighted by atomic mass is 10.1. The average Bonchev–Trinajstić information content (AvgIpc) is 2.87. The number of rotatable bonds is 5. The molecule has 4 atom stereocenters. The first-order valence-corrected chi connectivity index (χ1v) is 8.17. The van der Waals surface area contributed by atoms with Crippen LogP contribution in [0.4, 0.5) is 4.39 Å². The van der Waals surface area contributed by atoms with Gasteiger partial charge >= 0.3 is 23.6 Å². The first-order chi connectivity index (χ1) is 13.0. The summed E-state index contributed by atoms with van der Waals surface area (Å²) >= 11 is 0. The van der Waals surface area contributed by atoms with Crippen LogP contribution < -0.4 is 11.2 Å². The minimum Gasteiger partial charge on any atom is -0.463 e. The van der Waals surface area contributed by atoms with Gasteiger partial charge in [0.25, 0.3) is 5.56 Å². The Morgan fingerprint density at radius 1 is 1.07 bits per heavy atom. The number of ether oxygens (including phenoxy) is 4. The quantitative estimate of drug-likeness (QED) is 0.384. The van der Waals surface area contributed by atoms with Gasteiger partial charge in [0.15, 0.2) is 18.4 Å². The molecule has 0 saturated carbocycles. The number of nitrogens with one attached hydrogen (secondary N) is 1. The number of carbonyl (C=O) groups excluding carboxylic acids is 3. The molecule has 0 aliphatic carbocycles. The molecule has 12 heteroatoms. The van der Waals surface area contributed by atoms with Crippen LogP contribution in [-0.4, -0.2) is 52.4 Å². The molecular formula is C16H19FN2O9. The van der Waals surface area contributed by atoms with Gasteiger partial charge in [-0.3, -0.25) is 24.2 Å². The number of nitrogens with zero attached hydrogens (tertiary/aromatic N) is 1. The van der Waals surface area contributed by atoms with Gasteiger partial charge in [-0.2, -0.15) is 4.39 Å². The highest BCUT2D eigenvalue weighted by molar-refractivity contribution is 5.68. The predicted octanol–water partition coefficient (Wildman–Crippen LogP) is -0.692. The number of H-pyrrole nitrogens is 1. The van der Waals surface area contributed by atoms with Crippen LogP contribution in [0.3, 0.4) is 0 Å². The Bertz CT molecular complexity index is 906. The van der Waals surface area contributed by atoms with Gasteiger partial charge < -0.3 is 18.9 Å². The van der Waals surface area contributed by atoms with Gasteiger partial charge in [-0.15, -0.1) is 0 Å². The zero-order chi connectivity index (χ0) is 21.2. The second-order valence-electron chi connectivity index (χ2n) is 6.06. The van der Waals surface area contributed by atoms with Crippen molar-refractivity contribution >= 4 is 17.9 Å². The molecule has 1 aromatic rings. The van der Waals surface area contributed by atoms with Crippen molar-refractivity contribution in [2.45, 2.75) is 52.2 Å². The van der Waals surface area contributed by atoms with Crippen molar-refractivity contribution in [1.29, 1.82) is 0 Å². The summed E-state index contributed by atoms with van der Waals surface area (Å²) in [4.78, 5) is 59.8. The normalized spacial score (nSPS) is 23.9. The molecule has 1 aliphatic rings. The average molecular weight is 402 g/mol. The van der Waals surface area contributed by atoms with Crippen molar-refractivity contribution in [3.05, 3.63) is 32.3 Å². The number of aromatic amines is 1. The Morgan fingerprint density at radius 2 is 1.64 bits per heavy atom. The summed E-state index contributed by atoms with van der Waals surface area (Å²) in [6.07, 6.45) is -5.50. The highest BCUT2D eigenvalue weighted by atomic mass is 19.1. The summed E-state index contributed by atoms with van der Waals surface area (Å²) in [5.41, 5.74) is -2.50. The lowest BCUT2D eigenvalue weighted by Crippen LogP contribution is -2.44. The van der Waals surface area contributed by atoms with E-state index in [1.807, 2.05) is 4.98 Å². The van der Waals surface area contributed by atoms with Gasteiger partial charge in [0, 0.05) is 20.8 Å². The third-order valence-corrected chi connectivity index (χ3v) is 3.90. The molecule has 1 aromatic heterocycles. The van der Waals surface area contributed by atoms with Gasteiger partial charge in [0.1, 0.15) is 12.7 Å². The predicted molar refractivity (Wildman–Crippen MR) is 87.7 cm³/mol. The van der Waals surface area contributed by atoms with Gasteiger partial charge in [0.05, 0.1) is 5.56 Å². The Morgan fingerprint density at radius 3 is 2.18 bits per heavy atom. The van der Waals surface area contributed by atoms with Crippen LogP contribution in [0.5, 0.6) is 0 Å². The standard InChI is InChI=1S/C16H19FN2O9/c1-6-13(17)19(16(24)18-14(6)23)15-12(27-9(4)22)11(26-8(3)21)10(28-15)5-25-7(2)20/h10-12,15H,5H2,1-4H3,(H,18,23,24). The van der Waals surface area contributed by atoms with Crippen molar-refractivity contribution in [1.82, 2.24) is 9.55 Å². The van der Waals surface area contributed by atoms with Crippen molar-refractivity contribution in [3.63, 3.8) is 0 Å². The number of esters is 3. The molecule has 2 heterocycles. The third-order valence-electron chi connectivity index (χ3n) is 3.90. The van der Waals surface area contributed by atoms with E-state index in [1.165, 1.54) is 0 Å². The van der Waals surface area contributed by atoms with E-state index in [4.69, 9.17) is 18.9 Å². The maximum atomic E-state index is 14.6. The monoisotopic (exact) mass is 402 g/mol. The molecule has 0 amide bonds. The van der Waals surface area contributed by atoms with E-state index in [0.717, 1.165) is 27.7 Å². The molecule has 0 bridgehead atoms. The van der Waals surface area contributed by atoms with Crippen LogP contribution in [0.15, 0.2) is 9.59 Å². The summed E-state index contributed by atoms with van der Waals surface area (Å²) in [6, 6.07) is 0. The fraction of sp³-hybridized carbons (Fsp3) is 0.562. The molecule has 1 saturated heterocycles. The van der Waals surface area contributed by atoms with Crippen molar-refractivity contribution in [2.75, 3.05) is 6.61 Å². The van der Waals surface area contributed by atoms with E-state index in [1.54, 1.807) is 0 Å². The Kier molecular flexibility index (Phi) is 6.33. The lowest BCUT2D eigenvalue weighted by molar-refractivity contribution is -0.166. The molecule has 1 aliphatic heterocycles. The minimum absolute atomic E-state index is 0.405. The summed E-state index contributed by atoms with van der Waals surface area (Å²) < 4.78 is 35.7. The highest BCUT2D eigenvalue weighted by Crippen LogP contribution is 2.34. The number of hydrogen-bond donors (Lipinski definition) is 1. The zero-order valence-corrected chi connectivity index (χ0v) is 15.5. The van der Waals surface area contributed by atoms with E-state index in [9.17, 15) is 28.4 Å². The largest absolute Gasteiger partial charge is 0.463 e. The van der Waals surface area contributed by atoms with Gasteiger partial charge in [-0.1, -0.05) is 0 Å². The number of halogens is 1. The molecule has 154 valence electrons. The van der Waals surface area contributed by atoms with Gasteiger partial charge in [-0.05, 0) is 6.92 Å². The molecule has 2 rings (SSSR count). The van der Waals surface area contributed by atoms with E-state index in [-0.39, 0.29) is 0 Å². The van der Waals surface area contributed by atoms with Crippen LogP contribution in [0, 0.1) is 12.9 Å². The molecule has 28 heavy (non-hydrogen) atoms.